The van der Waals surface area contributed by atoms with E-state index in [4.69, 9.17) is 39.9 Å². The molecule has 0 unspecified atom stereocenters. The Morgan fingerprint density at radius 3 is 2.22 bits per heavy atom. The number of benzene rings is 1. The fraction of sp³-hybridized carbons (Fsp3) is 0.400. The molecule has 0 radical (unpaired) electrons. The fourth-order valence-electron chi connectivity index (χ4n) is 1.36. The molecule has 0 N–H and O–H groups in total. The molecule has 0 fully saturated rings. The Morgan fingerprint density at radius 1 is 1.22 bits per heavy atom. The van der Waals surface area contributed by atoms with E-state index in [1.807, 2.05) is 13.8 Å². The first-order chi connectivity index (χ1) is 8.33. The van der Waals surface area contributed by atoms with Crippen molar-refractivity contribution in [3.63, 3.8) is 0 Å². The topological polar surface area (TPSA) is 44.8 Å². The van der Waals surface area contributed by atoms with Gasteiger partial charge in [0.25, 0.3) is 0 Å². The highest BCUT2D eigenvalue weighted by Gasteiger charge is 2.30. The lowest BCUT2D eigenvalue weighted by atomic mass is 10.0. The summed E-state index contributed by atoms with van der Waals surface area (Å²) in [7, 11) is -4.02. The minimum Gasteiger partial charge on any atom is -0.402 e. The van der Waals surface area contributed by atoms with Gasteiger partial charge in [-0.2, -0.15) is 8.15 Å². The van der Waals surface area contributed by atoms with E-state index in [1.165, 1.54) is 0 Å². The van der Waals surface area contributed by atoms with Gasteiger partial charge in [0.15, 0.2) is 0 Å². The van der Waals surface area contributed by atoms with Crippen LogP contribution in [0.3, 0.4) is 0 Å². The maximum atomic E-state index is 11.7. The molecule has 0 aliphatic carbocycles. The minimum absolute atomic E-state index is 0.0946. The van der Waals surface area contributed by atoms with Crippen molar-refractivity contribution in [2.45, 2.75) is 26.7 Å². The number of phosphoric acid groups is 1. The maximum absolute atomic E-state index is 11.7. The van der Waals surface area contributed by atoms with E-state index in [0.717, 1.165) is 11.1 Å². The Bertz CT molecular complexity index is 470. The average Bonchev–Trinajstić information content (AvgIpc) is 2.33. The fourth-order valence-corrected chi connectivity index (χ4v) is 2.43. The number of aryl methyl sites for hydroxylation is 1. The van der Waals surface area contributed by atoms with E-state index in [0.29, 0.717) is 10.8 Å². The van der Waals surface area contributed by atoms with E-state index in [1.54, 1.807) is 19.1 Å². The first-order valence-corrected chi connectivity index (χ1v) is 7.49. The molecule has 102 valence electrons. The van der Waals surface area contributed by atoms with Gasteiger partial charge < -0.3 is 4.52 Å². The first-order valence-electron chi connectivity index (χ1n) is 5.03. The molecule has 0 heterocycles. The zero-order valence-electron chi connectivity index (χ0n) is 9.95. The van der Waals surface area contributed by atoms with Crippen LogP contribution in [0.15, 0.2) is 12.1 Å². The van der Waals surface area contributed by atoms with Crippen molar-refractivity contribution in [2.75, 3.05) is 0 Å². The van der Waals surface area contributed by atoms with Crippen molar-refractivity contribution in [3.8, 4) is 5.75 Å². The number of rotatable bonds is 5. The Labute approximate surface area is 121 Å². The summed E-state index contributed by atoms with van der Waals surface area (Å²) in [5, 5.41) is 0.583. The van der Waals surface area contributed by atoms with Crippen LogP contribution in [0.1, 0.15) is 30.9 Å². The quantitative estimate of drug-likeness (QED) is 0.658. The molecule has 0 aliphatic rings. The van der Waals surface area contributed by atoms with Crippen molar-refractivity contribution in [3.05, 3.63) is 28.3 Å². The molecule has 0 saturated carbocycles. The molecule has 0 spiro atoms. The van der Waals surface area contributed by atoms with Gasteiger partial charge in [-0.25, -0.2) is 4.57 Å². The van der Waals surface area contributed by atoms with Crippen molar-refractivity contribution >= 4 is 43.2 Å². The summed E-state index contributed by atoms with van der Waals surface area (Å²) >= 11 is 16.1. The summed E-state index contributed by atoms with van der Waals surface area (Å²) in [6, 6.07) is 3.35. The van der Waals surface area contributed by atoms with Crippen LogP contribution in [0.5, 0.6) is 5.75 Å². The number of halogens is 3. The highest BCUT2D eigenvalue weighted by Crippen LogP contribution is 2.53. The summed E-state index contributed by atoms with van der Waals surface area (Å²) in [5.74, 6) is 0.397. The molecule has 1 aromatic carbocycles. The van der Waals surface area contributed by atoms with E-state index in [-0.39, 0.29) is 5.92 Å². The third-order valence-corrected chi connectivity index (χ3v) is 4.47. The van der Waals surface area contributed by atoms with Crippen molar-refractivity contribution < 1.29 is 17.2 Å². The van der Waals surface area contributed by atoms with Crippen LogP contribution >= 0.6 is 43.2 Å². The average molecular weight is 334 g/mol. The zero-order valence-corrected chi connectivity index (χ0v) is 13.1. The number of hydrogen-bond acceptors (Lipinski definition) is 4. The van der Waals surface area contributed by atoms with Crippen LogP contribution in [-0.2, 0) is 12.7 Å². The van der Waals surface area contributed by atoms with Crippen LogP contribution < -0.4 is 4.52 Å². The van der Waals surface area contributed by atoms with E-state index in [9.17, 15) is 4.57 Å². The molecule has 8 heteroatoms. The van der Waals surface area contributed by atoms with Gasteiger partial charge >= 0.3 is 7.82 Å². The van der Waals surface area contributed by atoms with E-state index < -0.39 is 7.82 Å². The van der Waals surface area contributed by atoms with Gasteiger partial charge in [-0.1, -0.05) is 25.4 Å². The van der Waals surface area contributed by atoms with Gasteiger partial charge in [0.2, 0.25) is 0 Å². The third kappa shape index (κ3) is 3.77. The van der Waals surface area contributed by atoms with Gasteiger partial charge in [0.1, 0.15) is 5.75 Å². The molecular formula is C10H12Cl3O4P. The highest BCUT2D eigenvalue weighted by atomic mass is 35.5. The summed E-state index contributed by atoms with van der Waals surface area (Å²) < 4.78 is 25.1. The Kier molecular flexibility index (Phi) is 5.78. The molecule has 0 bridgehead atoms. The molecule has 0 atom stereocenters. The normalized spacial score (nSPS) is 11.9. The summed E-state index contributed by atoms with van der Waals surface area (Å²) in [5.41, 5.74) is 1.50. The second-order valence-electron chi connectivity index (χ2n) is 3.97. The molecule has 18 heavy (non-hydrogen) atoms. The molecule has 4 nitrogen and oxygen atoms in total. The lowest BCUT2D eigenvalue weighted by Crippen LogP contribution is -1.99. The Hall–Kier alpha value is 0.0400. The van der Waals surface area contributed by atoms with Crippen LogP contribution in [0.25, 0.3) is 0 Å². The molecule has 0 aliphatic heterocycles. The van der Waals surface area contributed by atoms with Gasteiger partial charge in [-0.15, -0.1) is 0 Å². The van der Waals surface area contributed by atoms with Gasteiger partial charge in [-0.3, -0.25) is 0 Å². The smallest absolute Gasteiger partial charge is 0.402 e. The SMILES string of the molecule is Cc1cc(OP(=O)(OCl)OCl)c(C(C)C)cc1Cl. The van der Waals surface area contributed by atoms with Crippen LogP contribution in [0.4, 0.5) is 0 Å². The predicted molar refractivity (Wildman–Crippen MR) is 72.4 cm³/mol. The maximum Gasteiger partial charge on any atom is 0.563 e. The van der Waals surface area contributed by atoms with Crippen LogP contribution in [0.2, 0.25) is 5.02 Å². The van der Waals surface area contributed by atoms with Crippen molar-refractivity contribution in [1.82, 2.24) is 0 Å². The molecular weight excluding hydrogens is 321 g/mol. The van der Waals surface area contributed by atoms with E-state index >= 15 is 0 Å². The first kappa shape index (κ1) is 16.1. The largest absolute Gasteiger partial charge is 0.563 e. The van der Waals surface area contributed by atoms with Gasteiger partial charge in [-0.05, 0) is 36.1 Å². The molecule has 0 aromatic heterocycles. The molecule has 1 aromatic rings. The summed E-state index contributed by atoms with van der Waals surface area (Å²) in [4.78, 5) is 0. The Balaban J connectivity index is 3.23. The third-order valence-electron chi connectivity index (χ3n) is 2.29. The monoisotopic (exact) mass is 332 g/mol. The lowest BCUT2D eigenvalue weighted by Gasteiger charge is -2.17. The molecule has 0 saturated heterocycles. The van der Waals surface area contributed by atoms with Crippen molar-refractivity contribution in [2.24, 2.45) is 0 Å². The summed E-state index contributed by atoms with van der Waals surface area (Å²) in [6.07, 6.45) is 0. The highest BCUT2D eigenvalue weighted by molar-refractivity contribution is 7.50. The lowest BCUT2D eigenvalue weighted by molar-refractivity contribution is 0.316. The van der Waals surface area contributed by atoms with Crippen LogP contribution in [0, 0.1) is 6.92 Å². The summed E-state index contributed by atoms with van der Waals surface area (Å²) in [6.45, 7) is 5.65. The predicted octanol–water partition coefficient (Wildman–Crippen LogP) is 5.60. The van der Waals surface area contributed by atoms with E-state index in [2.05, 4.69) is 8.15 Å². The number of hydrogen-bond donors (Lipinski definition) is 0. The van der Waals surface area contributed by atoms with Crippen molar-refractivity contribution in [1.29, 1.82) is 0 Å². The second kappa shape index (κ2) is 6.47. The Morgan fingerprint density at radius 2 is 1.78 bits per heavy atom. The van der Waals surface area contributed by atoms with Crippen LogP contribution in [-0.4, -0.2) is 0 Å². The molecule has 1 rings (SSSR count). The van der Waals surface area contributed by atoms with Gasteiger partial charge in [0, 0.05) is 5.02 Å². The zero-order chi connectivity index (χ0) is 13.9. The minimum atomic E-state index is -4.02. The van der Waals surface area contributed by atoms with Gasteiger partial charge in [0.05, 0.1) is 23.7 Å². The standard InChI is InChI=1S/C10H12Cl3O4P/c1-6(2)8-5-9(11)7(3)4-10(8)15-18(14,16-12)17-13/h4-6H,1-3H3. The molecule has 0 amide bonds. The second-order valence-corrected chi connectivity index (χ2v) is 6.56.